The molecular formula is C17H22N4O3. The van der Waals surface area contributed by atoms with Gasteiger partial charge in [-0.05, 0) is 50.0 Å². The Balaban J connectivity index is 1.58. The van der Waals surface area contributed by atoms with Gasteiger partial charge in [0.25, 0.3) is 5.69 Å². The maximum absolute atomic E-state index is 10.8. The van der Waals surface area contributed by atoms with Gasteiger partial charge in [0.15, 0.2) is 0 Å². The predicted molar refractivity (Wildman–Crippen MR) is 93.1 cm³/mol. The number of hydrogen-bond donors (Lipinski definition) is 2. The number of aromatic nitrogens is 1. The second-order valence-electron chi connectivity index (χ2n) is 6.22. The van der Waals surface area contributed by atoms with Gasteiger partial charge in [-0.25, -0.2) is 4.98 Å². The van der Waals surface area contributed by atoms with E-state index in [9.17, 15) is 10.1 Å². The lowest BCUT2D eigenvalue weighted by atomic mass is 9.97. The largest absolute Gasteiger partial charge is 0.395 e. The standard InChI is InChI=1S/C17H22N4O3/c22-10-9-20-7-5-13(6-8-20)12-18-17-4-1-14-11-15(21(23)24)2-3-16(14)19-17/h1-4,11,13,22H,5-10,12H2,(H,18,19). The van der Waals surface area contributed by atoms with Gasteiger partial charge in [-0.1, -0.05) is 0 Å². The Morgan fingerprint density at radius 2 is 2.08 bits per heavy atom. The second-order valence-corrected chi connectivity index (χ2v) is 6.22. The molecule has 3 rings (SSSR count). The topological polar surface area (TPSA) is 91.5 Å². The average Bonchev–Trinajstić information content (AvgIpc) is 2.60. The Morgan fingerprint density at radius 1 is 1.29 bits per heavy atom. The van der Waals surface area contributed by atoms with Crippen molar-refractivity contribution in [2.75, 3.05) is 38.1 Å². The van der Waals surface area contributed by atoms with Gasteiger partial charge in [0, 0.05) is 30.6 Å². The first kappa shape index (κ1) is 16.6. The first-order valence-corrected chi connectivity index (χ1v) is 8.28. The van der Waals surface area contributed by atoms with E-state index in [2.05, 4.69) is 15.2 Å². The molecule has 128 valence electrons. The highest BCUT2D eigenvalue weighted by Crippen LogP contribution is 2.22. The number of aliphatic hydroxyl groups is 1. The van der Waals surface area contributed by atoms with Crippen LogP contribution in [0.3, 0.4) is 0 Å². The monoisotopic (exact) mass is 330 g/mol. The summed E-state index contributed by atoms with van der Waals surface area (Å²) in [6.07, 6.45) is 2.24. The molecule has 0 unspecified atom stereocenters. The van der Waals surface area contributed by atoms with Crippen LogP contribution in [-0.4, -0.2) is 52.7 Å². The summed E-state index contributed by atoms with van der Waals surface area (Å²) in [5.41, 5.74) is 0.836. The number of fused-ring (bicyclic) bond motifs is 1. The molecule has 0 amide bonds. The first-order chi connectivity index (χ1) is 11.7. The SMILES string of the molecule is O=[N+]([O-])c1ccc2nc(NCC3CCN(CCO)CC3)ccc2c1. The number of nitrogens with one attached hydrogen (secondary N) is 1. The van der Waals surface area contributed by atoms with E-state index < -0.39 is 4.92 Å². The molecule has 1 aliphatic rings. The Morgan fingerprint density at radius 3 is 2.79 bits per heavy atom. The molecule has 0 saturated carbocycles. The average molecular weight is 330 g/mol. The van der Waals surface area contributed by atoms with Crippen molar-refractivity contribution in [1.82, 2.24) is 9.88 Å². The lowest BCUT2D eigenvalue weighted by Crippen LogP contribution is -2.37. The molecule has 7 heteroatoms. The minimum absolute atomic E-state index is 0.0830. The van der Waals surface area contributed by atoms with Gasteiger partial charge >= 0.3 is 0 Å². The zero-order valence-electron chi connectivity index (χ0n) is 13.5. The van der Waals surface area contributed by atoms with E-state index >= 15 is 0 Å². The van der Waals surface area contributed by atoms with Crippen LogP contribution in [0.2, 0.25) is 0 Å². The van der Waals surface area contributed by atoms with Gasteiger partial charge in [-0.15, -0.1) is 0 Å². The lowest BCUT2D eigenvalue weighted by molar-refractivity contribution is -0.384. The van der Waals surface area contributed by atoms with Crippen LogP contribution in [0, 0.1) is 16.0 Å². The number of aliphatic hydroxyl groups excluding tert-OH is 1. The third-order valence-corrected chi connectivity index (χ3v) is 4.58. The van der Waals surface area contributed by atoms with Crippen molar-refractivity contribution in [2.24, 2.45) is 5.92 Å². The van der Waals surface area contributed by atoms with Crippen LogP contribution in [-0.2, 0) is 0 Å². The number of rotatable bonds is 6. The number of likely N-dealkylation sites (tertiary alicyclic amines) is 1. The van der Waals surface area contributed by atoms with Gasteiger partial charge in [-0.2, -0.15) is 0 Å². The molecule has 24 heavy (non-hydrogen) atoms. The number of piperidine rings is 1. The summed E-state index contributed by atoms with van der Waals surface area (Å²) in [4.78, 5) is 17.2. The molecule has 0 spiro atoms. The van der Waals surface area contributed by atoms with Crippen LogP contribution in [0.15, 0.2) is 30.3 Å². The molecule has 0 bridgehead atoms. The van der Waals surface area contributed by atoms with E-state index in [1.165, 1.54) is 6.07 Å². The smallest absolute Gasteiger partial charge is 0.270 e. The van der Waals surface area contributed by atoms with Crippen molar-refractivity contribution in [2.45, 2.75) is 12.8 Å². The maximum atomic E-state index is 10.8. The molecule has 0 radical (unpaired) electrons. The van der Waals surface area contributed by atoms with Crippen molar-refractivity contribution in [1.29, 1.82) is 0 Å². The lowest BCUT2D eigenvalue weighted by Gasteiger charge is -2.31. The molecular weight excluding hydrogens is 308 g/mol. The van der Waals surface area contributed by atoms with Crippen molar-refractivity contribution in [3.05, 3.63) is 40.4 Å². The van der Waals surface area contributed by atoms with Crippen LogP contribution in [0.1, 0.15) is 12.8 Å². The molecule has 1 fully saturated rings. The second kappa shape index (κ2) is 7.55. The van der Waals surface area contributed by atoms with Crippen LogP contribution in [0.25, 0.3) is 10.9 Å². The highest BCUT2D eigenvalue weighted by Gasteiger charge is 2.18. The Bertz CT molecular complexity index is 714. The number of benzene rings is 1. The van der Waals surface area contributed by atoms with Gasteiger partial charge < -0.3 is 15.3 Å². The fourth-order valence-electron chi connectivity index (χ4n) is 3.13. The van der Waals surface area contributed by atoms with Crippen molar-refractivity contribution in [3.8, 4) is 0 Å². The van der Waals surface area contributed by atoms with Crippen molar-refractivity contribution < 1.29 is 10.0 Å². The Labute approximate surface area is 140 Å². The molecule has 1 aromatic heterocycles. The summed E-state index contributed by atoms with van der Waals surface area (Å²) in [6.45, 7) is 3.92. The number of nitrogens with zero attached hydrogens (tertiary/aromatic N) is 3. The fourth-order valence-corrected chi connectivity index (χ4v) is 3.13. The maximum Gasteiger partial charge on any atom is 0.270 e. The van der Waals surface area contributed by atoms with Crippen molar-refractivity contribution in [3.63, 3.8) is 0 Å². The van der Waals surface area contributed by atoms with Crippen LogP contribution in [0.5, 0.6) is 0 Å². The van der Waals surface area contributed by atoms with Gasteiger partial charge in [0.1, 0.15) is 5.82 Å². The first-order valence-electron chi connectivity index (χ1n) is 8.28. The normalized spacial score (nSPS) is 16.4. The third-order valence-electron chi connectivity index (χ3n) is 4.58. The molecule has 1 aromatic carbocycles. The van der Waals surface area contributed by atoms with Crippen LogP contribution < -0.4 is 5.32 Å². The molecule has 7 nitrogen and oxygen atoms in total. The Kier molecular flexibility index (Phi) is 5.22. The van der Waals surface area contributed by atoms with Gasteiger partial charge in [0.2, 0.25) is 0 Å². The minimum atomic E-state index is -0.394. The fraction of sp³-hybridized carbons (Fsp3) is 0.471. The summed E-state index contributed by atoms with van der Waals surface area (Å²) in [7, 11) is 0. The van der Waals surface area contributed by atoms with E-state index in [1.807, 2.05) is 12.1 Å². The zero-order valence-corrected chi connectivity index (χ0v) is 13.5. The number of non-ortho nitro benzene ring substituents is 1. The number of nitro benzene ring substituents is 1. The zero-order chi connectivity index (χ0) is 16.9. The van der Waals surface area contributed by atoms with Crippen molar-refractivity contribution >= 4 is 22.4 Å². The van der Waals surface area contributed by atoms with E-state index in [4.69, 9.17) is 5.11 Å². The number of anilines is 1. The van der Waals surface area contributed by atoms with E-state index in [1.54, 1.807) is 12.1 Å². The van der Waals surface area contributed by atoms with E-state index in [0.29, 0.717) is 5.92 Å². The van der Waals surface area contributed by atoms with E-state index in [0.717, 1.165) is 55.7 Å². The molecule has 1 aliphatic heterocycles. The predicted octanol–water partition coefficient (Wildman–Crippen LogP) is 2.26. The highest BCUT2D eigenvalue weighted by molar-refractivity contribution is 5.82. The van der Waals surface area contributed by atoms with E-state index in [-0.39, 0.29) is 12.3 Å². The molecule has 0 atom stereocenters. The summed E-state index contributed by atoms with van der Waals surface area (Å²) in [5, 5.41) is 23.9. The Hall–Kier alpha value is -2.25. The number of pyridine rings is 1. The van der Waals surface area contributed by atoms with Crippen LogP contribution >= 0.6 is 0 Å². The van der Waals surface area contributed by atoms with Gasteiger partial charge in [0.05, 0.1) is 17.0 Å². The minimum Gasteiger partial charge on any atom is -0.395 e. The molecule has 2 N–H and O–H groups in total. The summed E-state index contributed by atoms with van der Waals surface area (Å²) < 4.78 is 0. The third kappa shape index (κ3) is 3.98. The number of nitro groups is 1. The summed E-state index contributed by atoms with van der Waals surface area (Å²) in [5.74, 6) is 1.41. The summed E-state index contributed by atoms with van der Waals surface area (Å²) >= 11 is 0. The highest BCUT2D eigenvalue weighted by atomic mass is 16.6. The molecule has 2 aromatic rings. The molecule has 1 saturated heterocycles. The quantitative estimate of drug-likeness (QED) is 0.623. The summed E-state index contributed by atoms with van der Waals surface area (Å²) in [6, 6.07) is 8.44. The number of hydrogen-bond acceptors (Lipinski definition) is 6. The number of β-amino-alcohol motifs (C(OH)–C–C–N with tert-alkyl or cyclic N) is 1. The van der Waals surface area contributed by atoms with Crippen LogP contribution in [0.4, 0.5) is 11.5 Å². The van der Waals surface area contributed by atoms with Gasteiger partial charge in [-0.3, -0.25) is 10.1 Å². The molecule has 0 aliphatic carbocycles. The molecule has 2 heterocycles.